The van der Waals surface area contributed by atoms with E-state index in [1.54, 1.807) is 0 Å². The van der Waals surface area contributed by atoms with Gasteiger partial charge in [0.15, 0.2) is 15.8 Å². The number of aliphatic imine (C=N–C) groups is 1. The maximum atomic E-state index is 13.6. The van der Waals surface area contributed by atoms with Crippen molar-refractivity contribution in [2.24, 2.45) is 4.99 Å². The number of carbonyl (C=O) groups excluding carboxylic acids is 1. The van der Waals surface area contributed by atoms with Crippen molar-refractivity contribution in [3.05, 3.63) is 35.1 Å². The van der Waals surface area contributed by atoms with Crippen LogP contribution < -0.4 is 10.6 Å². The van der Waals surface area contributed by atoms with Gasteiger partial charge in [-0.15, -0.1) is 24.0 Å². The molecule has 164 valence electrons. The molecule has 0 saturated carbocycles. The molecule has 0 bridgehead atoms. The number of hydrogen-bond donors (Lipinski definition) is 2. The summed E-state index contributed by atoms with van der Waals surface area (Å²) in [6.45, 7) is 4.79. The van der Waals surface area contributed by atoms with Crippen molar-refractivity contribution in [1.82, 2.24) is 15.5 Å². The highest BCUT2D eigenvalue weighted by Crippen LogP contribution is 2.15. The smallest absolute Gasteiger partial charge is 0.224 e. The zero-order chi connectivity index (χ0) is 20.6. The van der Waals surface area contributed by atoms with E-state index in [1.165, 1.54) is 18.2 Å². The Hall–Kier alpha value is -1.43. The van der Waals surface area contributed by atoms with Crippen LogP contribution in [0, 0.1) is 5.82 Å². The van der Waals surface area contributed by atoms with E-state index in [0.29, 0.717) is 36.6 Å². The average molecular weight is 540 g/mol. The summed E-state index contributed by atoms with van der Waals surface area (Å²) in [7, 11) is -3.24. The van der Waals surface area contributed by atoms with Crippen molar-refractivity contribution in [1.29, 1.82) is 0 Å². The number of nitrogens with zero attached hydrogens (tertiary/aromatic N) is 2. The van der Waals surface area contributed by atoms with Gasteiger partial charge in [0, 0.05) is 38.9 Å². The van der Waals surface area contributed by atoms with Crippen molar-refractivity contribution >= 4 is 45.7 Å². The lowest BCUT2D eigenvalue weighted by Crippen LogP contribution is -2.39. The maximum absolute atomic E-state index is 13.6. The average Bonchev–Trinajstić information content (AvgIpc) is 3.15. The van der Waals surface area contributed by atoms with Crippen LogP contribution in [-0.2, 0) is 26.9 Å². The molecule has 0 atom stereocenters. The first-order chi connectivity index (χ1) is 13.3. The van der Waals surface area contributed by atoms with Crippen molar-refractivity contribution in [2.45, 2.75) is 38.5 Å². The zero-order valence-electron chi connectivity index (χ0n) is 16.9. The molecule has 1 heterocycles. The maximum Gasteiger partial charge on any atom is 0.224 e. The van der Waals surface area contributed by atoms with Crippen LogP contribution in [0.5, 0.6) is 0 Å². The summed E-state index contributed by atoms with van der Waals surface area (Å²) >= 11 is 0. The molecule has 1 aliphatic heterocycles. The van der Waals surface area contributed by atoms with Gasteiger partial charge in [-0.3, -0.25) is 4.79 Å². The highest BCUT2D eigenvalue weighted by molar-refractivity contribution is 14.0. The fraction of sp³-hybridized carbons (Fsp3) is 0.579. The van der Waals surface area contributed by atoms with Crippen molar-refractivity contribution < 1.29 is 17.6 Å². The highest BCUT2D eigenvalue weighted by atomic mass is 127. The summed E-state index contributed by atoms with van der Waals surface area (Å²) in [6.07, 6.45) is 3.65. The summed E-state index contributed by atoms with van der Waals surface area (Å²) < 4.78 is 36.8. The van der Waals surface area contributed by atoms with Gasteiger partial charge in [0.2, 0.25) is 5.91 Å². The number of halogens is 2. The molecule has 0 spiro atoms. The monoisotopic (exact) mass is 540 g/mol. The second-order valence-corrected chi connectivity index (χ2v) is 9.08. The Kier molecular flexibility index (Phi) is 10.9. The summed E-state index contributed by atoms with van der Waals surface area (Å²) in [5, 5.41) is 6.19. The SMILES string of the molecule is CCNC(=NCc1cc(F)ccc1CS(C)(=O)=O)NCCC(=O)N1CCCC1.I. The summed E-state index contributed by atoms with van der Waals surface area (Å²) in [5.74, 6) is 0.0382. The lowest BCUT2D eigenvalue weighted by atomic mass is 10.1. The number of rotatable bonds is 8. The van der Waals surface area contributed by atoms with Gasteiger partial charge in [-0.25, -0.2) is 17.8 Å². The zero-order valence-corrected chi connectivity index (χ0v) is 20.1. The van der Waals surface area contributed by atoms with Gasteiger partial charge in [0.25, 0.3) is 0 Å². The minimum Gasteiger partial charge on any atom is -0.357 e. The quantitative estimate of drug-likeness (QED) is 0.300. The van der Waals surface area contributed by atoms with E-state index in [4.69, 9.17) is 0 Å². The van der Waals surface area contributed by atoms with E-state index in [2.05, 4.69) is 15.6 Å². The third kappa shape index (κ3) is 9.28. The molecular weight excluding hydrogens is 510 g/mol. The van der Waals surface area contributed by atoms with Crippen LogP contribution >= 0.6 is 24.0 Å². The Morgan fingerprint density at radius 3 is 2.52 bits per heavy atom. The largest absolute Gasteiger partial charge is 0.357 e. The first-order valence-corrected chi connectivity index (χ1v) is 11.6. The van der Waals surface area contributed by atoms with Crippen LogP contribution in [0.4, 0.5) is 4.39 Å². The second kappa shape index (κ2) is 12.3. The number of guanidine groups is 1. The number of sulfone groups is 1. The molecule has 29 heavy (non-hydrogen) atoms. The molecule has 1 saturated heterocycles. The minimum absolute atomic E-state index is 0. The van der Waals surface area contributed by atoms with E-state index >= 15 is 0 Å². The van der Waals surface area contributed by atoms with Gasteiger partial charge in [0.1, 0.15) is 5.82 Å². The van der Waals surface area contributed by atoms with E-state index in [9.17, 15) is 17.6 Å². The van der Waals surface area contributed by atoms with E-state index in [0.717, 1.165) is 32.2 Å². The van der Waals surface area contributed by atoms with E-state index < -0.39 is 15.7 Å². The molecular formula is C19H30FIN4O3S. The van der Waals surface area contributed by atoms with Gasteiger partial charge in [-0.1, -0.05) is 6.07 Å². The van der Waals surface area contributed by atoms with Gasteiger partial charge in [-0.2, -0.15) is 0 Å². The summed E-state index contributed by atoms with van der Waals surface area (Å²) in [6, 6.07) is 4.04. The molecule has 1 fully saturated rings. The molecule has 10 heteroatoms. The van der Waals surface area contributed by atoms with Gasteiger partial charge in [0.05, 0.1) is 12.3 Å². The molecule has 1 aromatic carbocycles. The molecule has 0 unspecified atom stereocenters. The van der Waals surface area contributed by atoms with Gasteiger partial charge in [-0.05, 0) is 43.0 Å². The molecule has 2 rings (SSSR count). The molecule has 2 N–H and O–H groups in total. The van der Waals surface area contributed by atoms with Crippen LogP contribution in [0.15, 0.2) is 23.2 Å². The Labute approximate surface area is 189 Å². The van der Waals surface area contributed by atoms with E-state index in [1.807, 2.05) is 11.8 Å². The minimum atomic E-state index is -3.24. The first-order valence-electron chi connectivity index (χ1n) is 9.53. The summed E-state index contributed by atoms with van der Waals surface area (Å²) in [5.41, 5.74) is 1.06. The van der Waals surface area contributed by atoms with Gasteiger partial charge >= 0.3 is 0 Å². The van der Waals surface area contributed by atoms with E-state index in [-0.39, 0.29) is 42.2 Å². The Morgan fingerprint density at radius 2 is 1.90 bits per heavy atom. The van der Waals surface area contributed by atoms with Crippen LogP contribution in [0.2, 0.25) is 0 Å². The predicted molar refractivity (Wildman–Crippen MR) is 124 cm³/mol. The second-order valence-electron chi connectivity index (χ2n) is 6.94. The first kappa shape index (κ1) is 25.6. The topological polar surface area (TPSA) is 90.9 Å². The lowest BCUT2D eigenvalue weighted by molar-refractivity contribution is -0.129. The predicted octanol–water partition coefficient (Wildman–Crippen LogP) is 2.06. The van der Waals surface area contributed by atoms with Crippen molar-refractivity contribution in [3.8, 4) is 0 Å². The summed E-state index contributed by atoms with van der Waals surface area (Å²) in [4.78, 5) is 18.4. The van der Waals surface area contributed by atoms with Crippen LogP contribution in [0.3, 0.4) is 0 Å². The number of amides is 1. The molecule has 0 aliphatic carbocycles. The lowest BCUT2D eigenvalue weighted by Gasteiger charge is -2.16. The molecule has 7 nitrogen and oxygen atoms in total. The number of benzene rings is 1. The number of carbonyl (C=O) groups is 1. The molecule has 0 aromatic heterocycles. The molecule has 0 radical (unpaired) electrons. The van der Waals surface area contributed by atoms with Crippen LogP contribution in [0.1, 0.15) is 37.3 Å². The number of nitrogens with one attached hydrogen (secondary N) is 2. The third-order valence-electron chi connectivity index (χ3n) is 4.43. The number of hydrogen-bond acceptors (Lipinski definition) is 4. The number of likely N-dealkylation sites (tertiary alicyclic amines) is 1. The van der Waals surface area contributed by atoms with Crippen LogP contribution in [0.25, 0.3) is 0 Å². The molecule has 1 aliphatic rings. The van der Waals surface area contributed by atoms with Crippen molar-refractivity contribution in [3.63, 3.8) is 0 Å². The normalized spacial score (nSPS) is 14.4. The Morgan fingerprint density at radius 1 is 1.21 bits per heavy atom. The van der Waals surface area contributed by atoms with Crippen LogP contribution in [-0.4, -0.2) is 57.6 Å². The third-order valence-corrected chi connectivity index (χ3v) is 5.26. The highest BCUT2D eigenvalue weighted by Gasteiger charge is 2.17. The Balaban J connectivity index is 0.00000420. The Bertz CT molecular complexity index is 812. The fourth-order valence-corrected chi connectivity index (χ4v) is 3.93. The molecule has 1 aromatic rings. The fourth-order valence-electron chi connectivity index (χ4n) is 3.08. The van der Waals surface area contributed by atoms with Gasteiger partial charge < -0.3 is 15.5 Å². The molecule has 1 amide bonds. The van der Waals surface area contributed by atoms with Crippen molar-refractivity contribution in [2.75, 3.05) is 32.4 Å². The standard InChI is InChI=1S/C19H29FN4O3S.HI/c1-3-21-19(22-9-8-18(25)24-10-4-5-11-24)23-13-16-12-17(20)7-6-15(16)14-28(2,26)27;/h6-7,12H,3-5,8-11,13-14H2,1-2H3,(H2,21,22,23);1H.